The van der Waals surface area contributed by atoms with Gasteiger partial charge in [0.2, 0.25) is 0 Å². The van der Waals surface area contributed by atoms with Gasteiger partial charge < -0.3 is 0 Å². The van der Waals surface area contributed by atoms with Gasteiger partial charge in [-0.3, -0.25) is 4.79 Å². The van der Waals surface area contributed by atoms with Gasteiger partial charge in [-0.05, 0) is 12.1 Å². The molecular weight excluding hydrogens is 187 g/mol. The number of halogens is 1. The molecule has 0 amide bonds. The molecule has 0 saturated carbocycles. The number of thioether (sulfide) groups is 1. The summed E-state index contributed by atoms with van der Waals surface area (Å²) in [4.78, 5) is 11.2. The summed E-state index contributed by atoms with van der Waals surface area (Å²) in [5.41, 5.74) is 0.134. The molecule has 0 unspecified atom stereocenters. The largest absolute Gasteiger partial charge is 0.298 e. The molecule has 0 aliphatic rings. The van der Waals surface area contributed by atoms with Crippen molar-refractivity contribution in [3.8, 4) is 0 Å². The minimum absolute atomic E-state index is 0.134. The van der Waals surface area contributed by atoms with Crippen molar-refractivity contribution in [3.63, 3.8) is 0 Å². The van der Waals surface area contributed by atoms with Crippen molar-refractivity contribution in [3.05, 3.63) is 42.2 Å². The zero-order chi connectivity index (χ0) is 9.68. The number of hydrogen-bond acceptors (Lipinski definition) is 2. The van der Waals surface area contributed by atoms with Gasteiger partial charge in [-0.15, -0.1) is 18.3 Å². The van der Waals surface area contributed by atoms with Crippen molar-refractivity contribution in [2.75, 3.05) is 5.75 Å². The van der Waals surface area contributed by atoms with Gasteiger partial charge in [-0.25, -0.2) is 4.39 Å². The summed E-state index contributed by atoms with van der Waals surface area (Å²) in [5, 5.41) is 0. The topological polar surface area (TPSA) is 17.1 Å². The molecule has 0 fully saturated rings. The van der Waals surface area contributed by atoms with Crippen LogP contribution in [0.15, 0.2) is 35.7 Å². The van der Waals surface area contributed by atoms with Crippen LogP contribution in [0.25, 0.3) is 0 Å². The Bertz CT molecular complexity index is 323. The van der Waals surface area contributed by atoms with E-state index in [1.54, 1.807) is 18.2 Å². The van der Waals surface area contributed by atoms with E-state index in [2.05, 4.69) is 6.58 Å². The van der Waals surface area contributed by atoms with Crippen molar-refractivity contribution >= 4 is 18.0 Å². The summed E-state index contributed by atoms with van der Waals surface area (Å²) in [7, 11) is 0. The minimum atomic E-state index is -0.468. The van der Waals surface area contributed by atoms with Crippen molar-refractivity contribution in [1.29, 1.82) is 0 Å². The van der Waals surface area contributed by atoms with Crippen LogP contribution >= 0.6 is 11.8 Å². The Morgan fingerprint density at radius 3 is 2.92 bits per heavy atom. The molecule has 0 atom stereocenters. The van der Waals surface area contributed by atoms with E-state index in [-0.39, 0.29) is 5.56 Å². The van der Waals surface area contributed by atoms with Crippen molar-refractivity contribution < 1.29 is 9.18 Å². The van der Waals surface area contributed by atoms with Crippen LogP contribution in [0.4, 0.5) is 4.39 Å². The summed E-state index contributed by atoms with van der Waals surface area (Å²) < 4.78 is 13.0. The van der Waals surface area contributed by atoms with E-state index in [0.717, 1.165) is 0 Å². The average Bonchev–Trinajstić information content (AvgIpc) is 2.15. The number of benzene rings is 1. The Kier molecular flexibility index (Phi) is 3.71. The first-order chi connectivity index (χ1) is 6.29. The van der Waals surface area contributed by atoms with E-state index in [1.165, 1.54) is 17.8 Å². The highest BCUT2D eigenvalue weighted by atomic mass is 32.2. The van der Waals surface area contributed by atoms with Gasteiger partial charge >= 0.3 is 0 Å². The normalized spacial score (nSPS) is 9.62. The van der Waals surface area contributed by atoms with Crippen LogP contribution in [-0.2, 0) is 0 Å². The molecule has 3 heteroatoms. The summed E-state index contributed by atoms with van der Waals surface area (Å²) in [5.74, 6) is 0.202. The first kappa shape index (κ1) is 9.99. The Hall–Kier alpha value is -1.09. The zero-order valence-corrected chi connectivity index (χ0v) is 7.81. The summed E-state index contributed by atoms with van der Waals surface area (Å²) in [6, 6.07) is 4.59. The lowest BCUT2D eigenvalue weighted by Gasteiger charge is -2.02. The molecule has 0 heterocycles. The molecule has 0 spiro atoms. The smallest absolute Gasteiger partial charge is 0.154 e. The van der Waals surface area contributed by atoms with Gasteiger partial charge in [-0.2, -0.15) is 0 Å². The number of hydrogen-bond donors (Lipinski definition) is 0. The van der Waals surface area contributed by atoms with Crippen LogP contribution in [0, 0.1) is 5.82 Å². The van der Waals surface area contributed by atoms with Gasteiger partial charge in [0.15, 0.2) is 6.29 Å². The maximum atomic E-state index is 13.0. The maximum absolute atomic E-state index is 13.0. The Labute approximate surface area is 80.7 Å². The predicted octanol–water partition coefficient (Wildman–Crippen LogP) is 2.92. The van der Waals surface area contributed by atoms with Crippen LogP contribution in [0.5, 0.6) is 0 Å². The van der Waals surface area contributed by atoms with E-state index >= 15 is 0 Å². The molecule has 13 heavy (non-hydrogen) atoms. The molecule has 1 aromatic carbocycles. The van der Waals surface area contributed by atoms with Crippen LogP contribution in [-0.4, -0.2) is 12.0 Å². The van der Waals surface area contributed by atoms with Crippen molar-refractivity contribution in [2.45, 2.75) is 4.90 Å². The highest BCUT2D eigenvalue weighted by Gasteiger charge is 2.06. The first-order valence-electron chi connectivity index (χ1n) is 3.77. The molecule has 1 rings (SSSR count). The van der Waals surface area contributed by atoms with Crippen molar-refractivity contribution in [1.82, 2.24) is 0 Å². The van der Waals surface area contributed by atoms with Gasteiger partial charge in [-0.1, -0.05) is 12.1 Å². The number of rotatable bonds is 4. The first-order valence-corrected chi connectivity index (χ1v) is 4.75. The second-order valence-corrected chi connectivity index (χ2v) is 3.43. The Morgan fingerprint density at radius 1 is 1.54 bits per heavy atom. The van der Waals surface area contributed by atoms with E-state index < -0.39 is 5.82 Å². The van der Waals surface area contributed by atoms with Gasteiger partial charge in [0, 0.05) is 10.6 Å². The highest BCUT2D eigenvalue weighted by Crippen LogP contribution is 2.23. The van der Waals surface area contributed by atoms with Crippen LogP contribution in [0.2, 0.25) is 0 Å². The lowest BCUT2D eigenvalue weighted by Crippen LogP contribution is -1.90. The fourth-order valence-corrected chi connectivity index (χ4v) is 1.68. The van der Waals surface area contributed by atoms with Crippen molar-refractivity contribution in [2.24, 2.45) is 0 Å². The number of carbonyl (C=O) groups excluding carboxylic acids is 1. The molecule has 0 N–H and O–H groups in total. The molecule has 0 radical (unpaired) electrons. The molecule has 1 nitrogen and oxygen atoms in total. The lowest BCUT2D eigenvalue weighted by atomic mass is 10.2. The molecule has 0 aromatic heterocycles. The Morgan fingerprint density at radius 2 is 2.31 bits per heavy atom. The third-order valence-electron chi connectivity index (χ3n) is 1.49. The summed E-state index contributed by atoms with van der Waals surface area (Å²) in [6.07, 6.45) is 2.25. The van der Waals surface area contributed by atoms with Gasteiger partial charge in [0.25, 0.3) is 0 Å². The highest BCUT2D eigenvalue weighted by molar-refractivity contribution is 7.99. The predicted molar refractivity (Wildman–Crippen MR) is 52.7 cm³/mol. The standard InChI is InChI=1S/C10H9FOS/c1-2-6-13-10-5-3-4-9(11)8(10)7-12/h2-5,7H,1,6H2. The molecular formula is C10H9FOS. The molecule has 0 bridgehead atoms. The quantitative estimate of drug-likeness (QED) is 0.418. The summed E-state index contributed by atoms with van der Waals surface area (Å²) in [6.45, 7) is 3.55. The van der Waals surface area contributed by atoms with E-state index in [4.69, 9.17) is 0 Å². The van der Waals surface area contributed by atoms with Gasteiger partial charge in [0.05, 0.1) is 5.56 Å². The van der Waals surface area contributed by atoms with E-state index in [0.29, 0.717) is 16.9 Å². The lowest BCUT2D eigenvalue weighted by molar-refractivity contribution is 0.111. The number of carbonyl (C=O) groups is 1. The SMILES string of the molecule is C=CCSc1cccc(F)c1C=O. The van der Waals surface area contributed by atoms with Gasteiger partial charge in [0.1, 0.15) is 5.82 Å². The number of aldehydes is 1. The molecule has 0 saturated heterocycles. The average molecular weight is 196 g/mol. The second kappa shape index (κ2) is 4.82. The van der Waals surface area contributed by atoms with Crippen LogP contribution in [0.1, 0.15) is 10.4 Å². The second-order valence-electron chi connectivity index (χ2n) is 2.37. The zero-order valence-electron chi connectivity index (χ0n) is 7.00. The monoisotopic (exact) mass is 196 g/mol. The van der Waals surface area contributed by atoms with E-state index in [9.17, 15) is 9.18 Å². The third-order valence-corrected chi connectivity index (χ3v) is 2.56. The Balaban J connectivity index is 2.97. The minimum Gasteiger partial charge on any atom is -0.298 e. The fourth-order valence-electron chi connectivity index (χ4n) is 0.906. The molecule has 0 aliphatic carbocycles. The van der Waals surface area contributed by atoms with Crippen LogP contribution in [0.3, 0.4) is 0 Å². The summed E-state index contributed by atoms with van der Waals surface area (Å²) >= 11 is 1.40. The fraction of sp³-hybridized carbons (Fsp3) is 0.100. The molecule has 1 aromatic rings. The third kappa shape index (κ3) is 2.42. The van der Waals surface area contributed by atoms with E-state index in [1.807, 2.05) is 0 Å². The maximum Gasteiger partial charge on any atom is 0.154 e. The molecule has 0 aliphatic heterocycles. The van der Waals surface area contributed by atoms with Crippen LogP contribution < -0.4 is 0 Å². The molecule has 68 valence electrons.